The normalized spacial score (nSPS) is 10.8. The van der Waals surface area contributed by atoms with Crippen LogP contribution >= 0.6 is 0 Å². The van der Waals surface area contributed by atoms with Gasteiger partial charge < -0.3 is 19.7 Å². The van der Waals surface area contributed by atoms with E-state index in [1.807, 2.05) is 0 Å². The number of phenols is 3. The van der Waals surface area contributed by atoms with Crippen LogP contribution in [-0.2, 0) is 0 Å². The van der Waals surface area contributed by atoms with E-state index in [4.69, 9.17) is 4.42 Å². The Kier molecular flexibility index (Phi) is 2.61. The topological polar surface area (TPSA) is 90.9 Å². The van der Waals surface area contributed by atoms with Gasteiger partial charge in [-0.3, -0.25) is 4.79 Å². The van der Waals surface area contributed by atoms with Crippen molar-refractivity contribution in [2.45, 2.75) is 0 Å². The molecule has 0 radical (unpaired) electrons. The van der Waals surface area contributed by atoms with Crippen LogP contribution < -0.4 is 0 Å². The number of benzene rings is 2. The van der Waals surface area contributed by atoms with Crippen molar-refractivity contribution in [3.63, 3.8) is 0 Å². The number of aldehydes is 1. The molecular weight excluding hydrogens is 260 g/mol. The van der Waals surface area contributed by atoms with Crippen LogP contribution in [-0.4, -0.2) is 21.6 Å². The second-order valence-electron chi connectivity index (χ2n) is 4.34. The van der Waals surface area contributed by atoms with Crippen LogP contribution in [0.15, 0.2) is 40.8 Å². The molecule has 0 unspecified atom stereocenters. The van der Waals surface area contributed by atoms with Crippen LogP contribution in [0.1, 0.15) is 10.4 Å². The number of carbonyl (C=O) groups is 1. The van der Waals surface area contributed by atoms with Crippen molar-refractivity contribution >= 4 is 17.3 Å². The Bertz CT molecular complexity index is 816. The van der Waals surface area contributed by atoms with Gasteiger partial charge >= 0.3 is 0 Å². The molecule has 0 spiro atoms. The molecule has 0 bridgehead atoms. The summed E-state index contributed by atoms with van der Waals surface area (Å²) in [5, 5.41) is 29.1. The van der Waals surface area contributed by atoms with Crippen molar-refractivity contribution in [1.29, 1.82) is 0 Å². The van der Waals surface area contributed by atoms with Crippen LogP contribution in [0.5, 0.6) is 17.2 Å². The molecule has 1 aromatic heterocycles. The maximum Gasteiger partial charge on any atom is 0.154 e. The Morgan fingerprint density at radius 2 is 1.65 bits per heavy atom. The van der Waals surface area contributed by atoms with Gasteiger partial charge in [0.1, 0.15) is 28.6 Å². The highest BCUT2D eigenvalue weighted by atomic mass is 16.3. The maximum atomic E-state index is 11.3. The Morgan fingerprint density at radius 1 is 0.950 bits per heavy atom. The van der Waals surface area contributed by atoms with Gasteiger partial charge in [0.2, 0.25) is 0 Å². The zero-order valence-corrected chi connectivity index (χ0v) is 10.2. The summed E-state index contributed by atoms with van der Waals surface area (Å²) in [7, 11) is 0. The van der Waals surface area contributed by atoms with Crippen LogP contribution in [0.4, 0.5) is 0 Å². The lowest BCUT2D eigenvalue weighted by atomic mass is 10.1. The van der Waals surface area contributed by atoms with Gasteiger partial charge in [-0.25, -0.2) is 0 Å². The predicted molar refractivity (Wildman–Crippen MR) is 72.0 cm³/mol. The molecule has 100 valence electrons. The summed E-state index contributed by atoms with van der Waals surface area (Å²) in [5.41, 5.74) is 0.913. The molecule has 20 heavy (non-hydrogen) atoms. The van der Waals surface area contributed by atoms with Crippen molar-refractivity contribution < 1.29 is 24.5 Å². The van der Waals surface area contributed by atoms with E-state index in [0.29, 0.717) is 22.8 Å². The lowest BCUT2D eigenvalue weighted by Gasteiger charge is -2.02. The van der Waals surface area contributed by atoms with E-state index in [9.17, 15) is 20.1 Å². The molecule has 0 aliphatic heterocycles. The lowest BCUT2D eigenvalue weighted by molar-refractivity contribution is 0.112. The van der Waals surface area contributed by atoms with Gasteiger partial charge in [-0.2, -0.15) is 0 Å². The van der Waals surface area contributed by atoms with Crippen molar-refractivity contribution in [3.05, 3.63) is 42.0 Å². The molecule has 0 atom stereocenters. The Labute approximate surface area is 113 Å². The number of carbonyl (C=O) groups excluding carboxylic acids is 1. The molecule has 0 amide bonds. The molecule has 0 aliphatic carbocycles. The SMILES string of the molecule is O=Cc1c(-c2ccc(O)cc2O)oc2cc(O)ccc12. The van der Waals surface area contributed by atoms with Crippen molar-refractivity contribution in [3.8, 4) is 28.6 Å². The molecule has 0 saturated heterocycles. The number of hydrogen-bond donors (Lipinski definition) is 3. The maximum absolute atomic E-state index is 11.3. The third-order valence-electron chi connectivity index (χ3n) is 3.06. The molecule has 3 rings (SSSR count). The standard InChI is InChI=1S/C15H10O5/c16-7-12-10-3-1-9(18)6-14(10)20-15(12)11-4-2-8(17)5-13(11)19/h1-7,17-19H. The number of phenolic OH excluding ortho intramolecular Hbond substituents is 3. The van der Waals surface area contributed by atoms with E-state index in [2.05, 4.69) is 0 Å². The van der Waals surface area contributed by atoms with E-state index < -0.39 is 0 Å². The van der Waals surface area contributed by atoms with Crippen LogP contribution in [0, 0.1) is 0 Å². The Hall–Kier alpha value is -2.95. The van der Waals surface area contributed by atoms with E-state index >= 15 is 0 Å². The van der Waals surface area contributed by atoms with Crippen LogP contribution in [0.2, 0.25) is 0 Å². The van der Waals surface area contributed by atoms with Gasteiger partial charge in [0.05, 0.1) is 11.1 Å². The first-order chi connectivity index (χ1) is 9.60. The predicted octanol–water partition coefficient (Wildman–Crippen LogP) is 3.03. The summed E-state index contributed by atoms with van der Waals surface area (Å²) in [6, 6.07) is 8.41. The smallest absolute Gasteiger partial charge is 0.154 e. The minimum atomic E-state index is -0.198. The third kappa shape index (κ3) is 1.76. The highest BCUT2D eigenvalue weighted by Gasteiger charge is 2.18. The molecule has 0 aliphatic rings. The highest BCUT2D eigenvalue weighted by molar-refractivity contribution is 6.03. The fraction of sp³-hybridized carbons (Fsp3) is 0. The summed E-state index contributed by atoms with van der Waals surface area (Å²) in [5.74, 6) is -0.0766. The van der Waals surface area contributed by atoms with E-state index in [0.717, 1.165) is 6.07 Å². The van der Waals surface area contributed by atoms with Crippen molar-refractivity contribution in [2.75, 3.05) is 0 Å². The summed E-state index contributed by atoms with van der Waals surface area (Å²) in [6.45, 7) is 0. The second-order valence-corrected chi connectivity index (χ2v) is 4.34. The van der Waals surface area contributed by atoms with Gasteiger partial charge in [-0.05, 0) is 24.3 Å². The van der Waals surface area contributed by atoms with Gasteiger partial charge in [-0.15, -0.1) is 0 Å². The number of furan rings is 1. The van der Waals surface area contributed by atoms with E-state index in [1.165, 1.54) is 24.3 Å². The molecule has 3 N–H and O–H groups in total. The zero-order chi connectivity index (χ0) is 14.3. The number of aromatic hydroxyl groups is 3. The van der Waals surface area contributed by atoms with Crippen LogP contribution in [0.25, 0.3) is 22.3 Å². The van der Waals surface area contributed by atoms with E-state index in [-0.39, 0.29) is 28.6 Å². The molecule has 5 nitrogen and oxygen atoms in total. The first-order valence-corrected chi connectivity index (χ1v) is 5.83. The average Bonchev–Trinajstić information content (AvgIpc) is 2.75. The van der Waals surface area contributed by atoms with Crippen molar-refractivity contribution in [2.24, 2.45) is 0 Å². The average molecular weight is 270 g/mol. The quantitative estimate of drug-likeness (QED) is 0.622. The number of hydrogen-bond acceptors (Lipinski definition) is 5. The zero-order valence-electron chi connectivity index (χ0n) is 10.2. The Balaban J connectivity index is 2.32. The molecule has 1 heterocycles. The molecule has 2 aromatic carbocycles. The summed E-state index contributed by atoms with van der Waals surface area (Å²) in [6.07, 6.45) is 0.629. The van der Waals surface area contributed by atoms with E-state index in [1.54, 1.807) is 6.07 Å². The monoisotopic (exact) mass is 270 g/mol. The Morgan fingerprint density at radius 3 is 2.35 bits per heavy atom. The first kappa shape index (κ1) is 12.1. The molecule has 0 saturated carbocycles. The van der Waals surface area contributed by atoms with Gasteiger partial charge in [-0.1, -0.05) is 0 Å². The molecule has 5 heteroatoms. The molecular formula is C15H10O5. The van der Waals surface area contributed by atoms with Crippen molar-refractivity contribution in [1.82, 2.24) is 0 Å². The largest absolute Gasteiger partial charge is 0.508 e. The lowest BCUT2D eigenvalue weighted by Crippen LogP contribution is -1.83. The summed E-state index contributed by atoms with van der Waals surface area (Å²) < 4.78 is 5.54. The van der Waals surface area contributed by atoms with Crippen LogP contribution in [0.3, 0.4) is 0 Å². The number of rotatable bonds is 2. The summed E-state index contributed by atoms with van der Waals surface area (Å²) in [4.78, 5) is 11.3. The minimum Gasteiger partial charge on any atom is -0.508 e. The minimum absolute atomic E-state index is 0.0187. The fourth-order valence-electron chi connectivity index (χ4n) is 2.13. The molecule has 0 fully saturated rings. The second kappa shape index (κ2) is 4.31. The van der Waals surface area contributed by atoms with Gasteiger partial charge in [0, 0.05) is 17.5 Å². The first-order valence-electron chi connectivity index (χ1n) is 5.83. The van der Waals surface area contributed by atoms with Gasteiger partial charge in [0.25, 0.3) is 0 Å². The van der Waals surface area contributed by atoms with Gasteiger partial charge in [0.15, 0.2) is 6.29 Å². The highest BCUT2D eigenvalue weighted by Crippen LogP contribution is 2.39. The number of fused-ring (bicyclic) bond motifs is 1. The summed E-state index contributed by atoms with van der Waals surface area (Å²) >= 11 is 0. The fourth-order valence-corrected chi connectivity index (χ4v) is 2.13. The molecule has 3 aromatic rings. The third-order valence-corrected chi connectivity index (χ3v) is 3.06.